The Hall–Kier alpha value is -2.37. The van der Waals surface area contributed by atoms with Gasteiger partial charge in [-0.1, -0.05) is 83.7 Å². The van der Waals surface area contributed by atoms with Crippen LogP contribution in [-0.4, -0.2) is 16.4 Å². The van der Waals surface area contributed by atoms with E-state index in [9.17, 15) is 5.11 Å². The van der Waals surface area contributed by atoms with Crippen LogP contribution >= 0.6 is 0 Å². The molecule has 0 fully saturated rings. The lowest BCUT2D eigenvalue weighted by Gasteiger charge is -2.34. The van der Waals surface area contributed by atoms with E-state index in [4.69, 9.17) is 5.41 Å². The molecule has 0 saturated carbocycles. The molecule has 2 aromatic carbocycles. The molecule has 178 valence electrons. The zero-order chi connectivity index (χ0) is 25.2. The molecule has 0 amide bonds. The van der Waals surface area contributed by atoms with Gasteiger partial charge >= 0.3 is 0 Å². The molecule has 2 N–H and O–H groups in total. The fourth-order valence-electron chi connectivity index (χ4n) is 4.40. The van der Waals surface area contributed by atoms with E-state index in [-0.39, 0.29) is 16.7 Å². The van der Waals surface area contributed by atoms with Crippen LogP contribution in [0.2, 0.25) is 0 Å². The predicted octanol–water partition coefficient (Wildman–Crippen LogP) is 7.70. The van der Waals surface area contributed by atoms with Gasteiger partial charge in [-0.05, 0) is 74.4 Å². The summed E-state index contributed by atoms with van der Waals surface area (Å²) in [5, 5.41) is 18.8. The van der Waals surface area contributed by atoms with Gasteiger partial charge in [-0.2, -0.15) is 0 Å². The van der Waals surface area contributed by atoms with Crippen LogP contribution in [0.25, 0.3) is 0 Å². The van der Waals surface area contributed by atoms with Crippen LogP contribution < -0.4 is 0 Å². The smallest absolute Gasteiger partial charge is 0.127 e. The summed E-state index contributed by atoms with van der Waals surface area (Å²) in [4.78, 5) is 0. The van der Waals surface area contributed by atoms with Crippen LogP contribution in [0.1, 0.15) is 108 Å². The van der Waals surface area contributed by atoms with Gasteiger partial charge in [-0.15, -0.1) is 0 Å². The Morgan fingerprint density at radius 3 is 1.88 bits per heavy atom. The van der Waals surface area contributed by atoms with Crippen LogP contribution in [0.3, 0.4) is 0 Å². The highest BCUT2D eigenvalue weighted by Crippen LogP contribution is 2.40. The first-order valence-corrected chi connectivity index (χ1v) is 12.2. The van der Waals surface area contributed by atoms with Crippen LogP contribution in [0.5, 0.6) is 0 Å². The fourth-order valence-corrected chi connectivity index (χ4v) is 4.40. The second-order valence-corrected chi connectivity index (χ2v) is 10.9. The van der Waals surface area contributed by atoms with Gasteiger partial charge in [0.2, 0.25) is 0 Å². The Labute approximate surface area is 202 Å². The van der Waals surface area contributed by atoms with Crippen molar-refractivity contribution in [3.05, 3.63) is 69.8 Å². The van der Waals surface area contributed by atoms with Crippen molar-refractivity contribution in [3.8, 4) is 11.8 Å². The largest absolute Gasteiger partial charge is 0.377 e. The van der Waals surface area contributed by atoms with Gasteiger partial charge in [0, 0.05) is 28.0 Å². The molecule has 0 heterocycles. The van der Waals surface area contributed by atoms with E-state index in [1.165, 1.54) is 22.3 Å². The van der Waals surface area contributed by atoms with Crippen molar-refractivity contribution in [2.24, 2.45) is 5.41 Å². The van der Waals surface area contributed by atoms with Crippen molar-refractivity contribution in [2.75, 3.05) is 0 Å². The minimum absolute atomic E-state index is 0.0696. The molecule has 2 aromatic rings. The lowest BCUT2D eigenvalue weighted by Crippen LogP contribution is -2.38. The van der Waals surface area contributed by atoms with Crippen LogP contribution in [0.4, 0.5) is 0 Å². The van der Waals surface area contributed by atoms with E-state index < -0.39 is 5.60 Å². The number of aryl methyl sites for hydroxylation is 2. The maximum atomic E-state index is 10.7. The summed E-state index contributed by atoms with van der Waals surface area (Å²) >= 11 is 0. The average molecular weight is 446 g/mol. The molecular weight excluding hydrogens is 402 g/mol. The molecule has 0 aliphatic carbocycles. The van der Waals surface area contributed by atoms with Crippen molar-refractivity contribution in [1.82, 2.24) is 0 Å². The van der Waals surface area contributed by atoms with E-state index in [1.54, 1.807) is 6.92 Å². The summed E-state index contributed by atoms with van der Waals surface area (Å²) in [5.41, 5.74) is 6.48. The highest BCUT2D eigenvalue weighted by molar-refractivity contribution is 5.85. The van der Waals surface area contributed by atoms with Gasteiger partial charge in [-0.3, -0.25) is 0 Å². The lowest BCUT2D eigenvalue weighted by atomic mass is 9.69. The predicted molar refractivity (Wildman–Crippen MR) is 142 cm³/mol. The minimum Gasteiger partial charge on any atom is -0.377 e. The van der Waals surface area contributed by atoms with Crippen molar-refractivity contribution in [2.45, 2.75) is 99.0 Å². The second-order valence-electron chi connectivity index (χ2n) is 10.9. The third-order valence-electron chi connectivity index (χ3n) is 7.83. The van der Waals surface area contributed by atoms with E-state index >= 15 is 0 Å². The molecule has 0 aromatic heterocycles. The van der Waals surface area contributed by atoms with Gasteiger partial charge in [-0.25, -0.2) is 0 Å². The maximum absolute atomic E-state index is 10.7. The molecule has 2 heteroatoms. The molecule has 2 unspecified atom stereocenters. The number of benzene rings is 2. The number of hydrogen-bond acceptors (Lipinski definition) is 2. The van der Waals surface area contributed by atoms with E-state index in [1.807, 2.05) is 27.7 Å². The highest BCUT2D eigenvalue weighted by Gasteiger charge is 2.34. The van der Waals surface area contributed by atoms with E-state index in [0.717, 1.165) is 24.0 Å². The van der Waals surface area contributed by atoms with Gasteiger partial charge in [0.05, 0.1) is 0 Å². The molecule has 33 heavy (non-hydrogen) atoms. The standard InChI is InChI=1S/C31H43NO/c1-11-31(12-2,27-15-16-28(22(4)20-27)23(5)24(6)32)26-14-13-25(21(3)19-26)17-18-30(10,33)29(7,8)9/h13-16,19-20,23,32-33H,11-12H2,1-10H3. The van der Waals surface area contributed by atoms with Crippen molar-refractivity contribution < 1.29 is 5.11 Å². The van der Waals surface area contributed by atoms with E-state index in [2.05, 4.69) is 82.9 Å². The van der Waals surface area contributed by atoms with Gasteiger partial charge in [0.25, 0.3) is 0 Å². The first kappa shape index (κ1) is 26.9. The van der Waals surface area contributed by atoms with E-state index in [0.29, 0.717) is 5.71 Å². The first-order chi connectivity index (χ1) is 15.2. The summed E-state index contributed by atoms with van der Waals surface area (Å²) in [5.74, 6) is 6.47. The Kier molecular flexibility index (Phi) is 8.03. The molecule has 0 saturated heterocycles. The first-order valence-electron chi connectivity index (χ1n) is 12.2. The Bertz CT molecular complexity index is 1070. The van der Waals surface area contributed by atoms with Gasteiger partial charge < -0.3 is 10.5 Å². The third kappa shape index (κ3) is 5.42. The molecular formula is C31H43NO. The fraction of sp³-hybridized carbons (Fsp3) is 0.516. The van der Waals surface area contributed by atoms with Gasteiger partial charge in [0.15, 0.2) is 0 Å². The molecule has 0 aliphatic heterocycles. The third-order valence-corrected chi connectivity index (χ3v) is 7.83. The number of hydrogen-bond donors (Lipinski definition) is 2. The second kappa shape index (κ2) is 9.86. The summed E-state index contributed by atoms with van der Waals surface area (Å²) in [6.07, 6.45) is 2.01. The lowest BCUT2D eigenvalue weighted by molar-refractivity contribution is 0.0129. The zero-order valence-corrected chi connectivity index (χ0v) is 22.4. The monoisotopic (exact) mass is 445 g/mol. The maximum Gasteiger partial charge on any atom is 0.127 e. The molecule has 0 bridgehead atoms. The normalized spacial score (nSPS) is 14.8. The van der Waals surface area contributed by atoms with Crippen LogP contribution in [-0.2, 0) is 5.41 Å². The minimum atomic E-state index is -1.06. The number of rotatable bonds is 6. The summed E-state index contributed by atoms with van der Waals surface area (Å²) < 4.78 is 0. The zero-order valence-electron chi connectivity index (χ0n) is 22.4. The number of nitrogens with one attached hydrogen (secondary N) is 1. The van der Waals surface area contributed by atoms with Gasteiger partial charge in [0.1, 0.15) is 5.60 Å². The Balaban J connectivity index is 2.54. The molecule has 0 aliphatic rings. The topological polar surface area (TPSA) is 44.1 Å². The summed E-state index contributed by atoms with van der Waals surface area (Å²) in [6, 6.07) is 13.4. The molecule has 0 spiro atoms. The molecule has 0 radical (unpaired) electrons. The van der Waals surface area contributed by atoms with Crippen LogP contribution in [0, 0.1) is 36.5 Å². The Morgan fingerprint density at radius 2 is 1.45 bits per heavy atom. The van der Waals surface area contributed by atoms with Crippen molar-refractivity contribution in [3.63, 3.8) is 0 Å². The highest BCUT2D eigenvalue weighted by atomic mass is 16.3. The molecule has 2 rings (SSSR count). The summed E-state index contributed by atoms with van der Waals surface area (Å²) in [6.45, 7) is 20.6. The van der Waals surface area contributed by atoms with Crippen LogP contribution in [0.15, 0.2) is 36.4 Å². The summed E-state index contributed by atoms with van der Waals surface area (Å²) in [7, 11) is 0. The number of aliphatic hydroxyl groups is 1. The van der Waals surface area contributed by atoms with Crippen molar-refractivity contribution >= 4 is 5.71 Å². The quantitative estimate of drug-likeness (QED) is 0.347. The molecule has 2 nitrogen and oxygen atoms in total. The van der Waals surface area contributed by atoms with Crippen molar-refractivity contribution in [1.29, 1.82) is 5.41 Å². The average Bonchev–Trinajstić information content (AvgIpc) is 2.73. The SMILES string of the molecule is CCC(CC)(c1ccc(C#CC(C)(O)C(C)(C)C)c(C)c1)c1ccc(C(C)C(C)=N)c(C)c1. The molecule has 2 atom stereocenters. The Morgan fingerprint density at radius 1 is 0.939 bits per heavy atom.